The van der Waals surface area contributed by atoms with Gasteiger partial charge in [-0.25, -0.2) is 4.79 Å². The molecule has 11 heteroatoms. The summed E-state index contributed by atoms with van der Waals surface area (Å²) in [5.41, 5.74) is 0.562. The van der Waals surface area contributed by atoms with E-state index in [-0.39, 0.29) is 24.5 Å². The minimum atomic E-state index is -0.496. The number of carbonyl (C=O) groups is 3. The molecule has 40 heavy (non-hydrogen) atoms. The molecular formula is C29H38N6O5. The maximum atomic E-state index is 13.0. The molecule has 3 heterocycles. The second-order valence-corrected chi connectivity index (χ2v) is 11.1. The molecule has 1 atom stereocenters. The van der Waals surface area contributed by atoms with E-state index in [9.17, 15) is 19.6 Å². The van der Waals surface area contributed by atoms with Crippen molar-refractivity contribution in [3.63, 3.8) is 0 Å². The van der Waals surface area contributed by atoms with Crippen LogP contribution >= 0.6 is 0 Å². The summed E-state index contributed by atoms with van der Waals surface area (Å²) in [6, 6.07) is 8.78. The Bertz CT molecular complexity index is 1260. The number of hydrogen-bond acceptors (Lipinski definition) is 8. The molecule has 214 valence electrons. The van der Waals surface area contributed by atoms with Gasteiger partial charge in [-0.2, -0.15) is 5.26 Å². The molecule has 2 fully saturated rings. The fraction of sp³-hybridized carbons (Fsp3) is 0.552. The maximum Gasteiger partial charge on any atom is 0.410 e. The van der Waals surface area contributed by atoms with Crippen molar-refractivity contribution < 1.29 is 23.9 Å². The molecule has 3 amide bonds. The van der Waals surface area contributed by atoms with Crippen molar-refractivity contribution in [1.82, 2.24) is 25.0 Å². The van der Waals surface area contributed by atoms with Crippen LogP contribution in [0.5, 0.6) is 5.75 Å². The van der Waals surface area contributed by atoms with Gasteiger partial charge in [-0.05, 0) is 64.3 Å². The summed E-state index contributed by atoms with van der Waals surface area (Å²) in [6.45, 7) is 10.2. The third kappa shape index (κ3) is 7.60. The zero-order chi connectivity index (χ0) is 28.7. The Morgan fingerprint density at radius 3 is 2.62 bits per heavy atom. The van der Waals surface area contributed by atoms with Gasteiger partial charge in [0.2, 0.25) is 5.91 Å². The lowest BCUT2D eigenvalue weighted by molar-refractivity contribution is -0.130. The van der Waals surface area contributed by atoms with Gasteiger partial charge in [-0.1, -0.05) is 0 Å². The number of nitriles is 1. The van der Waals surface area contributed by atoms with Crippen molar-refractivity contribution in [2.24, 2.45) is 0 Å². The first-order valence-corrected chi connectivity index (χ1v) is 13.8. The molecule has 1 N–H and O–H groups in total. The number of nitrogens with zero attached hydrogens (tertiary/aromatic N) is 5. The van der Waals surface area contributed by atoms with Crippen molar-refractivity contribution in [3.8, 4) is 11.8 Å². The molecular weight excluding hydrogens is 512 g/mol. The van der Waals surface area contributed by atoms with Gasteiger partial charge in [0.05, 0.1) is 30.3 Å². The number of likely N-dealkylation sites (tertiary alicyclic amines) is 1. The summed E-state index contributed by atoms with van der Waals surface area (Å²) in [7, 11) is 0. The third-order valence-electron chi connectivity index (χ3n) is 6.99. The highest BCUT2D eigenvalue weighted by Gasteiger charge is 2.29. The number of aromatic nitrogens is 1. The number of carbonyl (C=O) groups excluding carboxylic acids is 3. The van der Waals surface area contributed by atoms with Gasteiger partial charge in [0, 0.05) is 50.9 Å². The number of piperazine rings is 1. The largest absolute Gasteiger partial charge is 0.494 e. The Morgan fingerprint density at radius 1 is 1.12 bits per heavy atom. The van der Waals surface area contributed by atoms with Crippen LogP contribution in [0.2, 0.25) is 0 Å². The van der Waals surface area contributed by atoms with Gasteiger partial charge in [-0.15, -0.1) is 0 Å². The number of pyridine rings is 1. The summed E-state index contributed by atoms with van der Waals surface area (Å²) in [5, 5.41) is 12.6. The first-order chi connectivity index (χ1) is 19.1. The number of rotatable bonds is 8. The molecule has 2 aromatic rings. The van der Waals surface area contributed by atoms with E-state index in [1.54, 1.807) is 23.2 Å². The Labute approximate surface area is 235 Å². The Balaban J connectivity index is 1.25. The molecule has 0 spiro atoms. The van der Waals surface area contributed by atoms with Crippen LogP contribution in [0.3, 0.4) is 0 Å². The van der Waals surface area contributed by atoms with Gasteiger partial charge in [0.15, 0.2) is 0 Å². The molecule has 1 aromatic carbocycles. The van der Waals surface area contributed by atoms with E-state index in [1.807, 2.05) is 32.9 Å². The summed E-state index contributed by atoms with van der Waals surface area (Å²) in [4.78, 5) is 47.7. The number of benzene rings is 1. The van der Waals surface area contributed by atoms with Gasteiger partial charge >= 0.3 is 6.09 Å². The van der Waals surface area contributed by atoms with Gasteiger partial charge in [0.25, 0.3) is 5.91 Å². The molecule has 2 aliphatic rings. The number of amides is 3. The molecule has 0 saturated carbocycles. The predicted octanol–water partition coefficient (Wildman–Crippen LogP) is 2.80. The molecule has 0 radical (unpaired) electrons. The van der Waals surface area contributed by atoms with Crippen molar-refractivity contribution in [2.75, 3.05) is 52.4 Å². The van der Waals surface area contributed by atoms with Crippen LogP contribution in [0.25, 0.3) is 10.9 Å². The topological polar surface area (TPSA) is 128 Å². The van der Waals surface area contributed by atoms with Crippen molar-refractivity contribution in [3.05, 3.63) is 36.0 Å². The molecule has 0 bridgehead atoms. The highest BCUT2D eigenvalue weighted by molar-refractivity contribution is 6.07. The molecule has 2 saturated heterocycles. The zero-order valence-electron chi connectivity index (χ0n) is 23.5. The minimum Gasteiger partial charge on any atom is -0.494 e. The summed E-state index contributed by atoms with van der Waals surface area (Å²) < 4.78 is 11.4. The summed E-state index contributed by atoms with van der Waals surface area (Å²) in [6.07, 6.45) is 3.57. The summed E-state index contributed by atoms with van der Waals surface area (Å²) >= 11 is 0. The van der Waals surface area contributed by atoms with Crippen LogP contribution in [0, 0.1) is 11.3 Å². The van der Waals surface area contributed by atoms with E-state index < -0.39 is 11.6 Å². The van der Waals surface area contributed by atoms with Crippen LogP contribution in [-0.2, 0) is 9.53 Å². The molecule has 1 aromatic heterocycles. The number of hydrogen-bond donors (Lipinski definition) is 1. The first kappa shape index (κ1) is 29.1. The SMILES string of the molecule is CC(C)(C)OC(=O)N1CCN(CCCOc2ccc3nccc(C(=O)NCC(=O)N4CCCC4C#N)c3c2)CC1. The van der Waals surface area contributed by atoms with E-state index in [4.69, 9.17) is 9.47 Å². The maximum absolute atomic E-state index is 13.0. The van der Waals surface area contributed by atoms with Crippen LogP contribution in [0.15, 0.2) is 30.5 Å². The third-order valence-corrected chi connectivity index (χ3v) is 6.99. The van der Waals surface area contributed by atoms with Crippen LogP contribution in [0.1, 0.15) is 50.4 Å². The van der Waals surface area contributed by atoms with E-state index in [1.165, 1.54) is 4.90 Å². The van der Waals surface area contributed by atoms with Gasteiger partial charge in [0.1, 0.15) is 17.4 Å². The van der Waals surface area contributed by atoms with Crippen LogP contribution in [-0.4, -0.2) is 102 Å². The van der Waals surface area contributed by atoms with Crippen molar-refractivity contribution >= 4 is 28.8 Å². The Morgan fingerprint density at radius 2 is 1.90 bits per heavy atom. The molecule has 4 rings (SSSR count). The highest BCUT2D eigenvalue weighted by Crippen LogP contribution is 2.23. The second kappa shape index (κ2) is 13.0. The van der Waals surface area contributed by atoms with E-state index in [0.717, 1.165) is 32.5 Å². The lowest BCUT2D eigenvalue weighted by Crippen LogP contribution is -2.50. The average molecular weight is 551 g/mol. The highest BCUT2D eigenvalue weighted by atomic mass is 16.6. The molecule has 11 nitrogen and oxygen atoms in total. The molecule has 1 unspecified atom stereocenters. The van der Waals surface area contributed by atoms with E-state index >= 15 is 0 Å². The first-order valence-electron chi connectivity index (χ1n) is 13.8. The fourth-order valence-corrected chi connectivity index (χ4v) is 4.92. The van der Waals surface area contributed by atoms with Crippen molar-refractivity contribution in [2.45, 2.75) is 51.7 Å². The normalized spacial score (nSPS) is 17.9. The lowest BCUT2D eigenvalue weighted by atomic mass is 10.1. The summed E-state index contributed by atoms with van der Waals surface area (Å²) in [5.74, 6) is -0.00327. The quantitative estimate of drug-likeness (QED) is 0.497. The number of fused-ring (bicyclic) bond motifs is 1. The van der Waals surface area contributed by atoms with Gasteiger partial charge < -0.3 is 24.6 Å². The second-order valence-electron chi connectivity index (χ2n) is 11.1. The monoisotopic (exact) mass is 550 g/mol. The van der Waals surface area contributed by atoms with Crippen molar-refractivity contribution in [1.29, 1.82) is 5.26 Å². The Hall–Kier alpha value is -3.91. The standard InChI is InChI=1S/C29H38N6O5/c1-29(2,3)40-28(38)34-15-13-33(14-16-34)11-5-17-39-22-7-8-25-24(18-22)23(9-10-31-25)27(37)32-20-26(36)35-12-4-6-21(35)19-30/h7-10,18,21H,4-6,11-17,20H2,1-3H3,(H,32,37). The molecule has 2 aliphatic heterocycles. The van der Waals surface area contributed by atoms with Crippen LogP contribution < -0.4 is 10.1 Å². The minimum absolute atomic E-state index is 0.164. The zero-order valence-corrected chi connectivity index (χ0v) is 23.5. The predicted molar refractivity (Wildman–Crippen MR) is 149 cm³/mol. The van der Waals surface area contributed by atoms with E-state index in [2.05, 4.69) is 21.3 Å². The lowest BCUT2D eigenvalue weighted by Gasteiger charge is -2.35. The number of ether oxygens (including phenoxy) is 2. The fourth-order valence-electron chi connectivity index (χ4n) is 4.92. The van der Waals surface area contributed by atoms with Gasteiger partial charge in [-0.3, -0.25) is 19.5 Å². The Kier molecular flexibility index (Phi) is 9.42. The van der Waals surface area contributed by atoms with Crippen LogP contribution in [0.4, 0.5) is 4.79 Å². The molecule has 0 aliphatic carbocycles. The number of nitrogens with one attached hydrogen (secondary N) is 1. The average Bonchev–Trinajstić information content (AvgIpc) is 3.42. The smallest absolute Gasteiger partial charge is 0.410 e. The van der Waals surface area contributed by atoms with E-state index in [0.29, 0.717) is 54.9 Å².